The van der Waals surface area contributed by atoms with E-state index in [1.807, 2.05) is 0 Å². The minimum atomic E-state index is 0.141. The average molecular weight is 251 g/mol. The molecular weight excluding hydrogens is 236 g/mol. The van der Waals surface area contributed by atoms with Gasteiger partial charge in [0, 0.05) is 25.3 Å². The molecule has 2 N–H and O–H groups in total. The lowest BCUT2D eigenvalue weighted by molar-refractivity contribution is 0.400. The summed E-state index contributed by atoms with van der Waals surface area (Å²) in [4.78, 5) is 6.33. The number of halogens is 1. The van der Waals surface area contributed by atoms with Gasteiger partial charge in [0.2, 0.25) is 0 Å². The Balaban J connectivity index is 2.30. The van der Waals surface area contributed by atoms with Crippen LogP contribution in [0, 0.1) is 17.2 Å². The van der Waals surface area contributed by atoms with E-state index in [4.69, 9.17) is 22.6 Å². The molecule has 5 heteroatoms. The van der Waals surface area contributed by atoms with Crippen molar-refractivity contribution in [2.45, 2.75) is 19.4 Å². The van der Waals surface area contributed by atoms with E-state index in [1.165, 1.54) is 0 Å². The monoisotopic (exact) mass is 250 g/mol. The maximum atomic E-state index is 9.10. The number of hydrogen-bond acceptors (Lipinski definition) is 4. The van der Waals surface area contributed by atoms with Crippen molar-refractivity contribution in [3.05, 3.63) is 22.8 Å². The van der Waals surface area contributed by atoms with Gasteiger partial charge in [-0.1, -0.05) is 18.5 Å². The first-order chi connectivity index (χ1) is 8.10. The molecule has 1 fully saturated rings. The quantitative estimate of drug-likeness (QED) is 0.825. The van der Waals surface area contributed by atoms with Crippen LogP contribution in [0.3, 0.4) is 0 Å². The second-order valence-corrected chi connectivity index (χ2v) is 5.08. The van der Waals surface area contributed by atoms with Gasteiger partial charge in [-0.05, 0) is 18.4 Å². The van der Waals surface area contributed by atoms with Gasteiger partial charge in [0.25, 0.3) is 0 Å². The maximum absolute atomic E-state index is 9.10. The highest BCUT2D eigenvalue weighted by Gasteiger charge is 2.24. The van der Waals surface area contributed by atoms with Crippen molar-refractivity contribution >= 4 is 17.4 Å². The number of hydrogen-bond donors (Lipinski definition) is 1. The highest BCUT2D eigenvalue weighted by atomic mass is 35.5. The van der Waals surface area contributed by atoms with Crippen molar-refractivity contribution in [3.63, 3.8) is 0 Å². The first-order valence-corrected chi connectivity index (χ1v) is 6.04. The van der Waals surface area contributed by atoms with Crippen LogP contribution in [0.15, 0.2) is 12.3 Å². The summed E-state index contributed by atoms with van der Waals surface area (Å²) in [6.45, 7) is 3.79. The molecule has 0 spiro atoms. The SMILES string of the molecule is C[C@H]1C[C@@H](N)CN(c2ncc(Cl)cc2C#N)C1. The van der Waals surface area contributed by atoms with Crippen molar-refractivity contribution in [2.75, 3.05) is 18.0 Å². The Morgan fingerprint density at radius 3 is 3.00 bits per heavy atom. The Labute approximate surface area is 106 Å². The molecule has 1 aliphatic heterocycles. The highest BCUT2D eigenvalue weighted by molar-refractivity contribution is 6.30. The fourth-order valence-electron chi connectivity index (χ4n) is 2.34. The summed E-state index contributed by atoms with van der Waals surface area (Å²) in [5, 5.41) is 9.58. The lowest BCUT2D eigenvalue weighted by atomic mass is 9.96. The van der Waals surface area contributed by atoms with Crippen molar-refractivity contribution in [2.24, 2.45) is 11.7 Å². The summed E-state index contributed by atoms with van der Waals surface area (Å²) in [5.41, 5.74) is 6.51. The average Bonchev–Trinajstić information content (AvgIpc) is 2.27. The van der Waals surface area contributed by atoms with Gasteiger partial charge >= 0.3 is 0 Å². The minimum Gasteiger partial charge on any atom is -0.354 e. The predicted molar refractivity (Wildman–Crippen MR) is 67.9 cm³/mol. The van der Waals surface area contributed by atoms with E-state index in [9.17, 15) is 0 Å². The van der Waals surface area contributed by atoms with Crippen LogP contribution in [0.5, 0.6) is 0 Å². The standard InChI is InChI=1S/C12H15ClN4/c1-8-2-11(15)7-17(6-8)12-9(4-14)3-10(13)5-16-12/h3,5,8,11H,2,6-7,15H2,1H3/t8-,11+/m0/s1. The smallest absolute Gasteiger partial charge is 0.146 e. The highest BCUT2D eigenvalue weighted by Crippen LogP contribution is 2.25. The number of nitrogens with two attached hydrogens (primary N) is 1. The Kier molecular flexibility index (Phi) is 3.51. The summed E-state index contributed by atoms with van der Waals surface area (Å²) < 4.78 is 0. The minimum absolute atomic E-state index is 0.141. The molecule has 1 aliphatic rings. The van der Waals surface area contributed by atoms with E-state index in [-0.39, 0.29) is 6.04 Å². The molecule has 2 heterocycles. The van der Waals surface area contributed by atoms with E-state index in [0.29, 0.717) is 22.3 Å². The summed E-state index contributed by atoms with van der Waals surface area (Å²) in [6.07, 6.45) is 2.59. The van der Waals surface area contributed by atoms with Crippen LogP contribution in [0.4, 0.5) is 5.82 Å². The number of nitriles is 1. The fourth-order valence-corrected chi connectivity index (χ4v) is 2.50. The molecule has 2 atom stereocenters. The second kappa shape index (κ2) is 4.91. The van der Waals surface area contributed by atoms with Gasteiger partial charge in [-0.15, -0.1) is 0 Å². The van der Waals surface area contributed by atoms with Gasteiger partial charge in [0.15, 0.2) is 0 Å². The van der Waals surface area contributed by atoms with Crippen molar-refractivity contribution < 1.29 is 0 Å². The molecule has 0 unspecified atom stereocenters. The predicted octanol–water partition coefficient (Wildman–Crippen LogP) is 1.78. The molecule has 90 valence electrons. The molecule has 0 aromatic carbocycles. The maximum Gasteiger partial charge on any atom is 0.146 e. The number of anilines is 1. The Hall–Kier alpha value is -1.31. The molecule has 2 rings (SSSR count). The van der Waals surface area contributed by atoms with Crippen molar-refractivity contribution in [3.8, 4) is 6.07 Å². The molecular formula is C12H15ClN4. The topological polar surface area (TPSA) is 65.9 Å². The first kappa shape index (κ1) is 12.2. The summed E-state index contributed by atoms with van der Waals surface area (Å²) >= 11 is 5.84. The number of nitrogens with zero attached hydrogens (tertiary/aromatic N) is 3. The van der Waals surface area contributed by atoms with Crippen LogP contribution in [-0.2, 0) is 0 Å². The first-order valence-electron chi connectivity index (χ1n) is 5.66. The van der Waals surface area contributed by atoms with Gasteiger partial charge in [-0.25, -0.2) is 4.98 Å². The normalized spacial score (nSPS) is 24.5. The second-order valence-electron chi connectivity index (χ2n) is 4.64. The zero-order chi connectivity index (χ0) is 12.4. The van der Waals surface area contributed by atoms with Crippen molar-refractivity contribution in [1.82, 2.24) is 4.98 Å². The van der Waals surface area contributed by atoms with Gasteiger partial charge in [-0.3, -0.25) is 0 Å². The van der Waals surface area contributed by atoms with Crippen LogP contribution in [-0.4, -0.2) is 24.1 Å². The molecule has 0 radical (unpaired) electrons. The fraction of sp³-hybridized carbons (Fsp3) is 0.500. The largest absolute Gasteiger partial charge is 0.354 e. The molecule has 17 heavy (non-hydrogen) atoms. The van der Waals surface area contributed by atoms with Crippen LogP contribution < -0.4 is 10.6 Å². The third-order valence-corrected chi connectivity index (χ3v) is 3.15. The van der Waals surface area contributed by atoms with Gasteiger partial charge in [0.1, 0.15) is 11.9 Å². The molecule has 1 aromatic heterocycles. The molecule has 0 amide bonds. The number of pyridine rings is 1. The third kappa shape index (κ3) is 2.68. The molecule has 4 nitrogen and oxygen atoms in total. The summed E-state index contributed by atoms with van der Waals surface area (Å²) in [7, 11) is 0. The summed E-state index contributed by atoms with van der Waals surface area (Å²) in [5.74, 6) is 1.21. The number of aromatic nitrogens is 1. The van der Waals surface area contributed by atoms with E-state index in [2.05, 4.69) is 22.9 Å². The van der Waals surface area contributed by atoms with Crippen LogP contribution in [0.1, 0.15) is 18.9 Å². The molecule has 0 saturated carbocycles. The zero-order valence-electron chi connectivity index (χ0n) is 9.73. The lowest BCUT2D eigenvalue weighted by Gasteiger charge is -2.35. The Morgan fingerprint density at radius 1 is 1.59 bits per heavy atom. The van der Waals surface area contributed by atoms with E-state index < -0.39 is 0 Å². The third-order valence-electron chi connectivity index (χ3n) is 2.95. The van der Waals surface area contributed by atoms with Crippen LogP contribution >= 0.6 is 11.6 Å². The van der Waals surface area contributed by atoms with Crippen LogP contribution in [0.25, 0.3) is 0 Å². The van der Waals surface area contributed by atoms with Gasteiger partial charge in [0.05, 0.1) is 10.6 Å². The van der Waals surface area contributed by atoms with E-state index in [0.717, 1.165) is 19.5 Å². The molecule has 0 bridgehead atoms. The van der Waals surface area contributed by atoms with Gasteiger partial charge in [-0.2, -0.15) is 5.26 Å². The summed E-state index contributed by atoms with van der Waals surface area (Å²) in [6, 6.07) is 3.92. The molecule has 1 aromatic rings. The molecule has 1 saturated heterocycles. The van der Waals surface area contributed by atoms with Gasteiger partial charge < -0.3 is 10.6 Å². The Bertz CT molecular complexity index is 444. The number of rotatable bonds is 1. The number of piperidine rings is 1. The molecule has 0 aliphatic carbocycles. The van der Waals surface area contributed by atoms with Crippen LogP contribution in [0.2, 0.25) is 5.02 Å². The van der Waals surface area contributed by atoms with E-state index >= 15 is 0 Å². The zero-order valence-corrected chi connectivity index (χ0v) is 10.5. The lowest BCUT2D eigenvalue weighted by Crippen LogP contribution is -2.47. The van der Waals surface area contributed by atoms with E-state index in [1.54, 1.807) is 12.3 Å². The van der Waals surface area contributed by atoms with Crippen molar-refractivity contribution in [1.29, 1.82) is 5.26 Å². The Morgan fingerprint density at radius 2 is 2.35 bits per heavy atom.